The number of fused-ring (bicyclic) bond motifs is 1. The highest BCUT2D eigenvalue weighted by atomic mass is 32.1. The second-order valence-electron chi connectivity index (χ2n) is 9.41. The highest BCUT2D eigenvalue weighted by Crippen LogP contribution is 2.36. The van der Waals surface area contributed by atoms with Gasteiger partial charge in [0.05, 0.1) is 23.6 Å². The van der Waals surface area contributed by atoms with Gasteiger partial charge in [0.15, 0.2) is 0 Å². The van der Waals surface area contributed by atoms with E-state index in [4.69, 9.17) is 9.15 Å². The summed E-state index contributed by atoms with van der Waals surface area (Å²) >= 11 is 1.30. The molecule has 188 valence electrons. The number of likely N-dealkylation sites (tertiary alicyclic amines) is 1. The van der Waals surface area contributed by atoms with E-state index >= 15 is 0 Å². The summed E-state index contributed by atoms with van der Waals surface area (Å²) in [5.41, 5.74) is -0.716. The summed E-state index contributed by atoms with van der Waals surface area (Å²) in [4.78, 5) is 48.3. The number of para-hydroxylation sites is 1. The Morgan fingerprint density at radius 3 is 2.61 bits per heavy atom. The lowest BCUT2D eigenvalue weighted by Crippen LogP contribution is -2.58. The molecule has 0 saturated carbocycles. The lowest BCUT2D eigenvalue weighted by atomic mass is 10.00. The third-order valence-electron chi connectivity index (χ3n) is 6.86. The fourth-order valence-electron chi connectivity index (χ4n) is 4.72. The van der Waals surface area contributed by atoms with Crippen LogP contribution in [0.15, 0.2) is 50.7 Å². The number of ether oxygens (including phenoxy) is 1. The van der Waals surface area contributed by atoms with Crippen LogP contribution in [0.2, 0.25) is 0 Å². The molecule has 0 atom stereocenters. The molecule has 1 saturated heterocycles. The van der Waals surface area contributed by atoms with Crippen LogP contribution >= 0.6 is 11.3 Å². The van der Waals surface area contributed by atoms with Crippen molar-refractivity contribution in [2.24, 2.45) is 0 Å². The van der Waals surface area contributed by atoms with E-state index in [2.05, 4.69) is 4.98 Å². The van der Waals surface area contributed by atoms with Gasteiger partial charge in [-0.3, -0.25) is 14.2 Å². The van der Waals surface area contributed by atoms with Crippen molar-refractivity contribution < 1.29 is 13.9 Å². The summed E-state index contributed by atoms with van der Waals surface area (Å²) < 4.78 is 13.7. The van der Waals surface area contributed by atoms with Gasteiger partial charge in [0.1, 0.15) is 22.4 Å². The topological polar surface area (TPSA) is 99.6 Å². The summed E-state index contributed by atoms with van der Waals surface area (Å²) in [5, 5.41) is 0.400. The zero-order valence-corrected chi connectivity index (χ0v) is 21.6. The predicted octanol–water partition coefficient (Wildman–Crippen LogP) is 3.41. The average Bonchev–Trinajstić information content (AvgIpc) is 3.46. The van der Waals surface area contributed by atoms with E-state index in [1.54, 1.807) is 36.6 Å². The van der Waals surface area contributed by atoms with Gasteiger partial charge in [-0.15, -0.1) is 11.3 Å². The molecule has 0 radical (unpaired) electrons. The number of aromatic nitrogens is 3. The summed E-state index contributed by atoms with van der Waals surface area (Å²) in [7, 11) is 1.61. The maximum Gasteiger partial charge on any atom is 0.333 e. The van der Waals surface area contributed by atoms with E-state index < -0.39 is 16.8 Å². The summed E-state index contributed by atoms with van der Waals surface area (Å²) in [6.45, 7) is 6.67. The smallest absolute Gasteiger partial charge is 0.333 e. The average molecular weight is 509 g/mol. The molecule has 0 bridgehead atoms. The second kappa shape index (κ2) is 9.09. The van der Waals surface area contributed by atoms with Crippen molar-refractivity contribution in [1.29, 1.82) is 0 Å². The van der Waals surface area contributed by atoms with Crippen molar-refractivity contribution in [3.63, 3.8) is 0 Å². The minimum Gasteiger partial charge on any atom is -0.496 e. The number of methoxy groups -OCH3 is 1. The van der Waals surface area contributed by atoms with Gasteiger partial charge in [-0.2, -0.15) is 0 Å². The summed E-state index contributed by atoms with van der Waals surface area (Å²) in [5.74, 6) is 0.884. The molecular formula is C26H28N4O5S. The van der Waals surface area contributed by atoms with Crippen LogP contribution in [-0.2, 0) is 23.3 Å². The minimum absolute atomic E-state index is 0.232. The molecular weight excluding hydrogens is 480 g/mol. The lowest BCUT2D eigenvalue weighted by Gasteiger charge is -2.38. The first-order valence-corrected chi connectivity index (χ1v) is 12.7. The van der Waals surface area contributed by atoms with Crippen molar-refractivity contribution in [2.45, 2.75) is 45.7 Å². The molecule has 36 heavy (non-hydrogen) atoms. The standard InChI is InChI=1S/C26H28N4O5S/c1-16-19-22(31)30(26(2,3)24(32)28-12-7-13-28)25(33)29(14-10-17-8-5-6-9-18(17)34-4)23(19)36-20(16)21-27-11-15-35-21/h5-6,8-9,11,15H,7,10,12-14H2,1-4H3. The Bertz CT molecular complexity index is 1560. The molecule has 1 fully saturated rings. The number of benzene rings is 1. The number of carbonyl (C=O) groups excluding carboxylic acids is 1. The first-order valence-electron chi connectivity index (χ1n) is 11.9. The number of hydrogen-bond acceptors (Lipinski definition) is 7. The first kappa shape index (κ1) is 24.1. The molecule has 4 aromatic rings. The lowest BCUT2D eigenvalue weighted by molar-refractivity contribution is -0.143. The maximum absolute atomic E-state index is 14.0. The van der Waals surface area contributed by atoms with Gasteiger partial charge in [-0.25, -0.2) is 14.3 Å². The Kier molecular flexibility index (Phi) is 6.07. The quantitative estimate of drug-likeness (QED) is 0.379. The molecule has 1 aliphatic rings. The number of carbonyl (C=O) groups is 1. The largest absolute Gasteiger partial charge is 0.496 e. The van der Waals surface area contributed by atoms with Crippen LogP contribution < -0.4 is 16.0 Å². The summed E-state index contributed by atoms with van der Waals surface area (Å²) in [6, 6.07) is 7.63. The Labute approximate surface area is 211 Å². The molecule has 5 rings (SSSR count). The summed E-state index contributed by atoms with van der Waals surface area (Å²) in [6.07, 6.45) is 4.44. The Balaban J connectivity index is 1.72. The monoisotopic (exact) mass is 508 g/mol. The van der Waals surface area contributed by atoms with E-state index in [9.17, 15) is 14.4 Å². The fourth-order valence-corrected chi connectivity index (χ4v) is 5.98. The molecule has 1 aromatic carbocycles. The molecule has 0 aliphatic carbocycles. The van der Waals surface area contributed by atoms with E-state index in [1.807, 2.05) is 31.2 Å². The number of hydrogen-bond donors (Lipinski definition) is 0. The van der Waals surface area contributed by atoms with Crippen molar-refractivity contribution in [3.8, 4) is 16.5 Å². The predicted molar refractivity (Wildman–Crippen MR) is 138 cm³/mol. The van der Waals surface area contributed by atoms with Crippen LogP contribution in [0.1, 0.15) is 31.4 Å². The van der Waals surface area contributed by atoms with Gasteiger partial charge in [-0.05, 0) is 50.8 Å². The van der Waals surface area contributed by atoms with E-state index in [1.165, 1.54) is 17.6 Å². The minimum atomic E-state index is -1.34. The van der Waals surface area contributed by atoms with Crippen LogP contribution in [0.5, 0.6) is 5.75 Å². The van der Waals surface area contributed by atoms with Crippen LogP contribution in [-0.4, -0.2) is 45.1 Å². The van der Waals surface area contributed by atoms with E-state index in [0.717, 1.165) is 22.3 Å². The highest BCUT2D eigenvalue weighted by Gasteiger charge is 2.39. The van der Waals surface area contributed by atoms with Crippen molar-refractivity contribution >= 4 is 27.5 Å². The third kappa shape index (κ3) is 3.76. The van der Waals surface area contributed by atoms with Gasteiger partial charge in [0.2, 0.25) is 11.8 Å². The normalized spacial score (nSPS) is 13.7. The van der Waals surface area contributed by atoms with Crippen molar-refractivity contribution in [3.05, 3.63) is 68.7 Å². The zero-order chi connectivity index (χ0) is 25.6. The van der Waals surface area contributed by atoms with Gasteiger partial charge in [0.25, 0.3) is 5.56 Å². The zero-order valence-electron chi connectivity index (χ0n) is 20.7. The number of rotatable bonds is 7. The molecule has 1 aliphatic heterocycles. The molecule has 3 aromatic heterocycles. The molecule has 4 heterocycles. The van der Waals surface area contributed by atoms with E-state index in [0.29, 0.717) is 52.6 Å². The van der Waals surface area contributed by atoms with Crippen molar-refractivity contribution in [2.75, 3.05) is 20.2 Å². The van der Waals surface area contributed by atoms with Crippen LogP contribution in [0.25, 0.3) is 21.0 Å². The number of oxazole rings is 1. The van der Waals surface area contributed by atoms with Crippen molar-refractivity contribution in [1.82, 2.24) is 19.0 Å². The van der Waals surface area contributed by atoms with Gasteiger partial charge >= 0.3 is 5.69 Å². The first-order chi connectivity index (χ1) is 17.3. The third-order valence-corrected chi connectivity index (χ3v) is 8.16. The highest BCUT2D eigenvalue weighted by molar-refractivity contribution is 7.22. The number of aryl methyl sites for hydroxylation is 3. The molecule has 0 unspecified atom stereocenters. The van der Waals surface area contributed by atoms with Crippen LogP contribution in [0.4, 0.5) is 0 Å². The van der Waals surface area contributed by atoms with Gasteiger partial charge < -0.3 is 14.1 Å². The van der Waals surface area contributed by atoms with E-state index in [-0.39, 0.29) is 5.91 Å². The maximum atomic E-state index is 14.0. The van der Waals surface area contributed by atoms with Crippen LogP contribution in [0, 0.1) is 6.92 Å². The fraction of sp³-hybridized carbons (Fsp3) is 0.385. The number of amides is 1. The molecule has 10 heteroatoms. The second-order valence-corrected chi connectivity index (χ2v) is 10.4. The Morgan fingerprint density at radius 2 is 1.97 bits per heavy atom. The molecule has 1 amide bonds. The Hall–Kier alpha value is -3.66. The number of thiophene rings is 1. The molecule has 9 nitrogen and oxygen atoms in total. The van der Waals surface area contributed by atoms with Gasteiger partial charge in [-0.1, -0.05) is 18.2 Å². The Morgan fingerprint density at radius 1 is 1.22 bits per heavy atom. The van der Waals surface area contributed by atoms with Gasteiger partial charge in [0, 0.05) is 19.6 Å². The molecule has 0 N–H and O–H groups in total. The molecule has 0 spiro atoms. The van der Waals surface area contributed by atoms with Crippen LogP contribution in [0.3, 0.4) is 0 Å². The SMILES string of the molecule is COc1ccccc1CCn1c(=O)n(C(C)(C)C(=O)N2CCC2)c(=O)c2c(C)c(-c3ncco3)sc21. The number of nitrogens with zero attached hydrogens (tertiary/aromatic N) is 4.